The van der Waals surface area contributed by atoms with Gasteiger partial charge in [0, 0.05) is 64.5 Å². The lowest BCUT2D eigenvalue weighted by Crippen LogP contribution is -2.63. The summed E-state index contributed by atoms with van der Waals surface area (Å²) in [5.74, 6) is -0.367. The number of fused-ring (bicyclic) bond motifs is 8. The highest BCUT2D eigenvalue weighted by molar-refractivity contribution is 5.69. The molecule has 14 nitrogen and oxygen atoms in total. The lowest BCUT2D eigenvalue weighted by atomic mass is 9.80. The Morgan fingerprint density at radius 2 is 0.766 bits per heavy atom. The van der Waals surface area contributed by atoms with E-state index in [0.717, 1.165) is 102 Å². The van der Waals surface area contributed by atoms with E-state index in [-0.39, 0.29) is 41.4 Å². The average molecular weight is 1070 g/mol. The van der Waals surface area contributed by atoms with Gasteiger partial charge in [-0.2, -0.15) is 0 Å². The van der Waals surface area contributed by atoms with E-state index in [1.54, 1.807) is 12.1 Å². The summed E-state index contributed by atoms with van der Waals surface area (Å²) in [7, 11) is 0. The monoisotopic (exact) mass is 1060 g/mol. The molecule has 14 heteroatoms. The van der Waals surface area contributed by atoms with Gasteiger partial charge in [0.1, 0.15) is 41.5 Å². The van der Waals surface area contributed by atoms with Gasteiger partial charge in [-0.1, -0.05) is 119 Å². The third-order valence-electron chi connectivity index (χ3n) is 13.6. The van der Waals surface area contributed by atoms with E-state index < -0.39 is 54.6 Å². The molecule has 1 fully saturated rings. The van der Waals surface area contributed by atoms with Crippen LogP contribution in [0.4, 0.5) is 0 Å². The predicted molar refractivity (Wildman–Crippen MR) is 295 cm³/mol. The molecule has 4 aromatic rings. The van der Waals surface area contributed by atoms with Crippen molar-refractivity contribution in [2.75, 3.05) is 26.4 Å². The van der Waals surface area contributed by atoms with Crippen LogP contribution in [0.1, 0.15) is 191 Å². The number of rotatable bonds is 16. The van der Waals surface area contributed by atoms with Crippen LogP contribution in [0.15, 0.2) is 48.5 Å². The maximum atomic E-state index is 12.8. The third kappa shape index (κ3) is 15.3. The van der Waals surface area contributed by atoms with Crippen LogP contribution in [0, 0.1) is 0 Å². The molecule has 0 aromatic heterocycles. The van der Waals surface area contributed by atoms with Gasteiger partial charge < -0.3 is 47.7 Å². The summed E-state index contributed by atoms with van der Waals surface area (Å²) in [6, 6.07) is 17.0. The van der Waals surface area contributed by atoms with Crippen LogP contribution in [0.3, 0.4) is 0 Å². The molecule has 5 atom stereocenters. The van der Waals surface area contributed by atoms with Gasteiger partial charge in [-0.15, -0.1) is 0 Å². The molecular formula is C63H84O14. The zero-order valence-electron chi connectivity index (χ0n) is 48.5. The molecule has 1 saturated heterocycles. The molecule has 4 aromatic carbocycles. The second-order valence-electron chi connectivity index (χ2n) is 23.6. The summed E-state index contributed by atoms with van der Waals surface area (Å²) in [6.07, 6.45) is -3.34. The summed E-state index contributed by atoms with van der Waals surface area (Å²) in [5, 5.41) is 12.8. The highest BCUT2D eigenvalue weighted by atomic mass is 16.7. The Hall–Kier alpha value is -6.28. The molecule has 0 amide bonds. The van der Waals surface area contributed by atoms with E-state index in [1.165, 1.54) is 12.5 Å². The van der Waals surface area contributed by atoms with Crippen LogP contribution in [-0.4, -0.2) is 86.1 Å². The molecule has 0 radical (unpaired) electrons. The molecule has 420 valence electrons. The number of phenolic OH excluding ortho intramolecular Hbond substituents is 1. The van der Waals surface area contributed by atoms with Crippen molar-refractivity contribution in [3.63, 3.8) is 0 Å². The molecule has 0 saturated carbocycles. The first-order valence-corrected chi connectivity index (χ1v) is 27.3. The molecule has 1 aliphatic carbocycles. The summed E-state index contributed by atoms with van der Waals surface area (Å²) >= 11 is 0. The average Bonchev–Trinajstić information content (AvgIpc) is 3.33. The number of carbonyl (C=O) groups excluding carboxylic acids is 4. The maximum Gasteiger partial charge on any atom is 0.305 e. The number of hydrogen-bond donors (Lipinski definition) is 1. The number of esters is 4. The van der Waals surface area contributed by atoms with Crippen LogP contribution in [0.5, 0.6) is 28.7 Å². The Morgan fingerprint density at radius 1 is 0.455 bits per heavy atom. The van der Waals surface area contributed by atoms with Crippen molar-refractivity contribution in [1.29, 1.82) is 0 Å². The van der Waals surface area contributed by atoms with Crippen LogP contribution < -0.4 is 18.9 Å². The summed E-state index contributed by atoms with van der Waals surface area (Å²) < 4.78 is 56.0. The molecule has 0 spiro atoms. The molecule has 1 aliphatic heterocycles. The van der Waals surface area contributed by atoms with E-state index in [0.29, 0.717) is 49.5 Å². The first-order valence-electron chi connectivity index (χ1n) is 27.3. The number of hydrogen-bond acceptors (Lipinski definition) is 14. The second kappa shape index (κ2) is 25.0. The summed E-state index contributed by atoms with van der Waals surface area (Å²) in [6.45, 7) is 31.9. The van der Waals surface area contributed by atoms with Crippen LogP contribution >= 0.6 is 0 Å². The first-order chi connectivity index (χ1) is 36.1. The molecule has 77 heavy (non-hydrogen) atoms. The van der Waals surface area contributed by atoms with Crippen LogP contribution in [0.2, 0.25) is 0 Å². The van der Waals surface area contributed by atoms with E-state index in [2.05, 4.69) is 119 Å². The smallest absolute Gasteiger partial charge is 0.305 e. The van der Waals surface area contributed by atoms with Gasteiger partial charge in [-0.05, 0) is 97.7 Å². The zero-order chi connectivity index (χ0) is 56.7. The molecule has 1 N–H and O–H groups in total. The lowest BCUT2D eigenvalue weighted by Gasteiger charge is -2.43. The quantitative estimate of drug-likeness (QED) is 0.0731. The predicted octanol–water partition coefficient (Wildman–Crippen LogP) is 11.8. The normalized spacial score (nSPS) is 18.6. The largest absolute Gasteiger partial charge is 0.507 e. The highest BCUT2D eigenvalue weighted by Crippen LogP contribution is 2.44. The van der Waals surface area contributed by atoms with Gasteiger partial charge in [0.05, 0.1) is 19.8 Å². The minimum atomic E-state index is -1.58. The van der Waals surface area contributed by atoms with Crippen molar-refractivity contribution in [3.05, 3.63) is 110 Å². The van der Waals surface area contributed by atoms with Crippen molar-refractivity contribution in [2.45, 2.75) is 203 Å². The first kappa shape index (κ1) is 60.0. The highest BCUT2D eigenvalue weighted by Gasteiger charge is 2.53. The molecule has 8 bridgehead atoms. The van der Waals surface area contributed by atoms with Gasteiger partial charge in [-0.3, -0.25) is 19.2 Å². The Bertz CT molecular complexity index is 2650. The van der Waals surface area contributed by atoms with E-state index in [9.17, 15) is 24.3 Å². The van der Waals surface area contributed by atoms with Crippen molar-refractivity contribution < 1.29 is 66.9 Å². The zero-order valence-corrected chi connectivity index (χ0v) is 48.5. The Balaban J connectivity index is 1.66. The summed E-state index contributed by atoms with van der Waals surface area (Å²) in [4.78, 5) is 50.3. The SMILES string of the molecule is CCCOc1c2cc(C(C)(C)C)cc1Cc1cc(C(C)(C)C)cc(c1OCCC)Cc1cc(C(C)(C)C)cc(c1OCCC)Cc1cc(OCC3O[C@@H](OC(C)=O)[C@H](OC(C)=O)[C@@H](OC(C)=O)[C@@H]3OC(C)=O)cc(c1O)C2. The maximum absolute atomic E-state index is 12.8. The minimum absolute atomic E-state index is 0.0637. The van der Waals surface area contributed by atoms with Crippen molar-refractivity contribution in [2.24, 2.45) is 0 Å². The second-order valence-corrected chi connectivity index (χ2v) is 23.6. The number of ether oxygens (including phenoxy) is 9. The Labute approximate surface area is 456 Å². The fourth-order valence-corrected chi connectivity index (χ4v) is 9.85. The number of benzene rings is 4. The van der Waals surface area contributed by atoms with Crippen molar-refractivity contribution in [3.8, 4) is 28.7 Å². The Morgan fingerprint density at radius 3 is 1.08 bits per heavy atom. The third-order valence-corrected chi connectivity index (χ3v) is 13.6. The van der Waals surface area contributed by atoms with Gasteiger partial charge in [-0.25, -0.2) is 0 Å². The number of carbonyl (C=O) groups is 4. The van der Waals surface area contributed by atoms with Gasteiger partial charge >= 0.3 is 23.9 Å². The minimum Gasteiger partial charge on any atom is -0.507 e. The van der Waals surface area contributed by atoms with Gasteiger partial charge in [0.2, 0.25) is 12.4 Å². The van der Waals surface area contributed by atoms with Gasteiger partial charge in [0.15, 0.2) is 12.2 Å². The fraction of sp³-hybridized carbons (Fsp3) is 0.556. The number of aromatic hydroxyl groups is 1. The van der Waals surface area contributed by atoms with Crippen LogP contribution in [0.25, 0.3) is 0 Å². The molecule has 6 rings (SSSR count). The van der Waals surface area contributed by atoms with Gasteiger partial charge in [0.25, 0.3) is 0 Å². The Kier molecular flexibility index (Phi) is 19.5. The standard InChI is InChI=1S/C63H84O14/c1-17-20-69-54-42-23-40-33-51(72-35-52-57(73-36(4)64)58(74-37(5)65)59(75-38(6)66)60(77-52)76-39(7)67)34-41(53(40)68)24-43-28-49(62(11,12)13)30-45(55(43)70-21-18-2)26-47-32-50(63(14,15)16)31-46(56(47)71-22-19-3)25-44(54)29-48(27-42)61(8,9)10/h27-34,52,57-60,68H,17-26,35H2,1-16H3/t52?,57-,58+,59-,60-/m1/s1. The number of phenols is 1. The van der Waals surface area contributed by atoms with E-state index >= 15 is 0 Å². The molecule has 1 heterocycles. The van der Waals surface area contributed by atoms with Crippen molar-refractivity contribution in [1.82, 2.24) is 0 Å². The van der Waals surface area contributed by atoms with E-state index in [4.69, 9.17) is 42.6 Å². The van der Waals surface area contributed by atoms with Crippen LogP contribution in [-0.2, 0) is 84.8 Å². The summed E-state index contributed by atoms with van der Waals surface area (Å²) in [5.41, 5.74) is 9.53. The van der Waals surface area contributed by atoms with E-state index in [1.807, 2.05) is 0 Å². The molecule has 2 aliphatic rings. The molecule has 1 unspecified atom stereocenters. The lowest BCUT2D eigenvalue weighted by molar-refractivity contribution is -0.298. The fourth-order valence-electron chi connectivity index (χ4n) is 9.85. The topological polar surface area (TPSA) is 172 Å². The molecular weight excluding hydrogens is 981 g/mol. The van der Waals surface area contributed by atoms with Crippen molar-refractivity contribution >= 4 is 23.9 Å².